The fourth-order valence-corrected chi connectivity index (χ4v) is 19.2. The lowest BCUT2D eigenvalue weighted by Gasteiger charge is -2.32. The molecule has 0 amide bonds. The molecule has 0 aliphatic heterocycles. The summed E-state index contributed by atoms with van der Waals surface area (Å²) in [5.74, 6) is 0. The number of aromatic nitrogens is 3. The molecule has 22 rings (SSSR count). The summed E-state index contributed by atoms with van der Waals surface area (Å²) in [6, 6.07) is 126. The van der Waals surface area contributed by atoms with E-state index in [0.717, 1.165) is 116 Å². The first kappa shape index (κ1) is 52.7. The van der Waals surface area contributed by atoms with Gasteiger partial charge < -0.3 is 13.7 Å². The van der Waals surface area contributed by atoms with Crippen molar-refractivity contribution in [3.63, 3.8) is 0 Å². The minimum absolute atomic E-state index is 0.554. The molecule has 4 aliphatic rings. The molecule has 3 aromatic heterocycles. The number of nitriles is 1. The summed E-state index contributed by atoms with van der Waals surface area (Å²) in [5.41, 5.74) is 31.5. The minimum Gasteiger partial charge on any atom is -0.308 e. The third-order valence-electron chi connectivity index (χ3n) is 22.5. The van der Waals surface area contributed by atoms with E-state index in [1.165, 1.54) is 77.9 Å². The van der Waals surface area contributed by atoms with Crippen LogP contribution in [0.2, 0.25) is 0 Å². The fourth-order valence-electron chi connectivity index (χ4n) is 19.2. The van der Waals surface area contributed by atoms with Crippen LogP contribution in [0.1, 0.15) is 50.1 Å². The summed E-state index contributed by atoms with van der Waals surface area (Å²) in [5, 5.41) is 20.3. The zero-order valence-electron chi connectivity index (χ0n) is 52.5. The predicted molar refractivity (Wildman–Crippen MR) is 398 cm³/mol. The van der Waals surface area contributed by atoms with Gasteiger partial charge in [0.05, 0.1) is 61.0 Å². The largest absolute Gasteiger partial charge is 0.308 e. The second-order valence-corrected chi connectivity index (χ2v) is 26.6. The lowest BCUT2D eigenvalue weighted by Crippen LogP contribution is -2.25. The van der Waals surface area contributed by atoms with Gasteiger partial charge in [-0.3, -0.25) is 0 Å². The van der Waals surface area contributed by atoms with E-state index in [1.54, 1.807) is 0 Å². The Balaban J connectivity index is 1.04. The SMILES string of the molecule is N#Cc1c(-n2c3ccccc3c3ccccc32)c(-c2cccc3c2-c2ccccc2C32c3ccccc3-c3ccccc32)c(-n2c3ccccc3c3ccccc32)c(-c2cccc3c2-c2ccccc2C32c3ccccc3-c3ccccc32)c1-n1c2ccccc2c2ccccc21. The number of benzene rings is 15. The summed E-state index contributed by atoms with van der Waals surface area (Å²) in [4.78, 5) is 0. The van der Waals surface area contributed by atoms with Gasteiger partial charge in [-0.15, -0.1) is 0 Å². The number of fused-ring (bicyclic) bond motifs is 29. The van der Waals surface area contributed by atoms with Gasteiger partial charge in [-0.05, 0) is 137 Å². The Hall–Kier alpha value is -12.8. The van der Waals surface area contributed by atoms with Gasteiger partial charge in [0.25, 0.3) is 0 Å². The highest BCUT2D eigenvalue weighted by Crippen LogP contribution is 2.68. The molecule has 15 aromatic carbocycles. The van der Waals surface area contributed by atoms with Crippen molar-refractivity contribution in [2.45, 2.75) is 10.8 Å². The maximum atomic E-state index is 13.6. The van der Waals surface area contributed by atoms with Crippen molar-refractivity contribution in [2.24, 2.45) is 0 Å². The first-order valence-corrected chi connectivity index (χ1v) is 33.7. The summed E-state index contributed by atoms with van der Waals surface area (Å²) in [6.07, 6.45) is 0. The Morgan fingerprint density at radius 2 is 0.412 bits per heavy atom. The third kappa shape index (κ3) is 6.38. The molecule has 2 spiro atoms. The molecule has 4 nitrogen and oxygen atoms in total. The van der Waals surface area contributed by atoms with Crippen molar-refractivity contribution >= 4 is 65.4 Å². The van der Waals surface area contributed by atoms with Gasteiger partial charge in [0.1, 0.15) is 11.6 Å². The van der Waals surface area contributed by atoms with E-state index in [0.29, 0.717) is 5.56 Å². The van der Waals surface area contributed by atoms with Crippen LogP contribution in [-0.2, 0) is 10.8 Å². The van der Waals surface area contributed by atoms with Gasteiger partial charge >= 0.3 is 0 Å². The molecule has 0 atom stereocenters. The third-order valence-corrected chi connectivity index (χ3v) is 22.5. The highest BCUT2D eigenvalue weighted by Gasteiger charge is 2.55. The van der Waals surface area contributed by atoms with Gasteiger partial charge in [-0.1, -0.05) is 291 Å². The van der Waals surface area contributed by atoms with Crippen molar-refractivity contribution in [1.82, 2.24) is 13.7 Å². The van der Waals surface area contributed by atoms with Gasteiger partial charge in [0.15, 0.2) is 0 Å². The molecule has 0 saturated carbocycles. The van der Waals surface area contributed by atoms with Crippen LogP contribution in [0.3, 0.4) is 0 Å². The topological polar surface area (TPSA) is 38.6 Å². The Labute approximate surface area is 559 Å². The van der Waals surface area contributed by atoms with Crippen LogP contribution in [0, 0.1) is 11.3 Å². The first-order valence-electron chi connectivity index (χ1n) is 33.7. The maximum Gasteiger partial charge on any atom is 0.104 e. The van der Waals surface area contributed by atoms with E-state index in [2.05, 4.69) is 347 Å². The van der Waals surface area contributed by atoms with Gasteiger partial charge in [0.2, 0.25) is 0 Å². The maximum absolute atomic E-state index is 13.6. The molecule has 0 unspecified atom stereocenters. The molecule has 97 heavy (non-hydrogen) atoms. The number of rotatable bonds is 5. The number of para-hydroxylation sites is 6. The number of hydrogen-bond donors (Lipinski definition) is 0. The lowest BCUT2D eigenvalue weighted by atomic mass is 9.70. The molecule has 0 N–H and O–H groups in total. The Morgan fingerprint density at radius 1 is 0.196 bits per heavy atom. The second kappa shape index (κ2) is 19.2. The van der Waals surface area contributed by atoms with Crippen molar-refractivity contribution in [3.05, 3.63) is 378 Å². The Kier molecular flexibility index (Phi) is 10.4. The summed E-state index contributed by atoms with van der Waals surface area (Å²) < 4.78 is 7.55. The van der Waals surface area contributed by atoms with Crippen LogP contribution < -0.4 is 0 Å². The summed E-state index contributed by atoms with van der Waals surface area (Å²) >= 11 is 0. The molecule has 3 heterocycles. The molecular weight excluding hydrogens is 1170 g/mol. The Bertz CT molecular complexity index is 6030. The molecule has 4 heteroatoms. The fraction of sp³-hybridized carbons (Fsp3) is 0.0215. The normalized spacial score (nSPS) is 13.7. The smallest absolute Gasteiger partial charge is 0.104 e. The lowest BCUT2D eigenvalue weighted by molar-refractivity contribution is 0.794. The number of nitrogens with zero attached hydrogens (tertiary/aromatic N) is 4. The van der Waals surface area contributed by atoms with Crippen molar-refractivity contribution < 1.29 is 0 Å². The monoisotopic (exact) mass is 1230 g/mol. The molecule has 4 aliphatic carbocycles. The van der Waals surface area contributed by atoms with Crippen LogP contribution in [-0.4, -0.2) is 13.7 Å². The van der Waals surface area contributed by atoms with Crippen LogP contribution in [0.25, 0.3) is 149 Å². The zero-order chi connectivity index (χ0) is 63.4. The molecule has 0 bridgehead atoms. The van der Waals surface area contributed by atoms with Crippen LogP contribution in [0.4, 0.5) is 0 Å². The minimum atomic E-state index is -0.676. The van der Waals surface area contributed by atoms with Gasteiger partial charge in [-0.2, -0.15) is 5.26 Å². The highest BCUT2D eigenvalue weighted by molar-refractivity contribution is 6.19. The number of hydrogen-bond acceptors (Lipinski definition) is 1. The summed E-state index contributed by atoms with van der Waals surface area (Å²) in [7, 11) is 0. The highest BCUT2D eigenvalue weighted by atomic mass is 15.1. The van der Waals surface area contributed by atoms with Gasteiger partial charge in [-0.25, -0.2) is 0 Å². The standard InChI is InChI=1S/C93H54N4/c94-55-70-89(95-79-49-19-7-31-60(79)61-32-8-20-50-80(61)95)87(68-39-25-47-77-85(68)66-37-5-17-45-75(66)92(77)71-41-13-1-27-56(71)57-28-2-14-42-72(57)92)91(97-83-53-23-11-35-64(83)65-36-12-24-54-84(65)97)88(90(70)96-81-51-21-9-33-62(81)63-34-10-22-52-82(63)96)69-40-26-48-78-86(69)67-38-6-18-46-76(67)93(78)73-43-15-3-29-58(73)59-30-4-16-44-74(59)93/h1-54H. The van der Waals surface area contributed by atoms with Crippen molar-refractivity contribution in [3.8, 4) is 89.9 Å². The molecule has 0 radical (unpaired) electrons. The van der Waals surface area contributed by atoms with Crippen molar-refractivity contribution in [1.29, 1.82) is 5.26 Å². The molecule has 446 valence electrons. The molecule has 0 fully saturated rings. The van der Waals surface area contributed by atoms with Gasteiger partial charge in [0, 0.05) is 43.4 Å². The average Bonchev–Trinajstić information content (AvgIpc) is 1.47. The predicted octanol–water partition coefficient (Wildman–Crippen LogP) is 22.9. The average molecular weight is 1230 g/mol. The molecule has 0 saturated heterocycles. The van der Waals surface area contributed by atoms with Crippen LogP contribution >= 0.6 is 0 Å². The van der Waals surface area contributed by atoms with Crippen LogP contribution in [0.15, 0.2) is 328 Å². The van der Waals surface area contributed by atoms with Crippen molar-refractivity contribution in [2.75, 3.05) is 0 Å². The van der Waals surface area contributed by atoms with E-state index in [1.807, 2.05) is 0 Å². The molecule has 18 aromatic rings. The zero-order valence-corrected chi connectivity index (χ0v) is 52.5. The summed E-state index contributed by atoms with van der Waals surface area (Å²) in [6.45, 7) is 0. The van der Waals surface area contributed by atoms with E-state index in [-0.39, 0.29) is 0 Å². The first-order chi connectivity index (χ1) is 48.2. The quantitative estimate of drug-likeness (QED) is 0.169. The van der Waals surface area contributed by atoms with E-state index >= 15 is 0 Å². The second-order valence-electron chi connectivity index (χ2n) is 26.6. The van der Waals surface area contributed by atoms with E-state index < -0.39 is 10.8 Å². The Morgan fingerprint density at radius 3 is 0.701 bits per heavy atom. The van der Waals surface area contributed by atoms with E-state index in [4.69, 9.17) is 0 Å². The van der Waals surface area contributed by atoms with E-state index in [9.17, 15) is 5.26 Å². The molecular formula is C93H54N4. The van der Waals surface area contributed by atoms with Crippen LogP contribution in [0.5, 0.6) is 0 Å².